The van der Waals surface area contributed by atoms with Crippen LogP contribution in [0.25, 0.3) is 0 Å². The summed E-state index contributed by atoms with van der Waals surface area (Å²) in [6.07, 6.45) is -0.815. The summed E-state index contributed by atoms with van der Waals surface area (Å²) in [5, 5.41) is 5.65. The van der Waals surface area contributed by atoms with Gasteiger partial charge in [0.25, 0.3) is 5.91 Å². The molecule has 1 fully saturated rings. The molecule has 21 heavy (non-hydrogen) atoms. The lowest BCUT2D eigenvalue weighted by atomic mass is 9.85. The molecule has 2 N–H and O–H groups in total. The summed E-state index contributed by atoms with van der Waals surface area (Å²) in [4.78, 5) is 11.6. The molecule has 0 spiro atoms. The fourth-order valence-corrected chi connectivity index (χ4v) is 2.86. The van der Waals surface area contributed by atoms with Gasteiger partial charge in [0, 0.05) is 18.7 Å². The van der Waals surface area contributed by atoms with Crippen molar-refractivity contribution in [3.05, 3.63) is 34.4 Å². The summed E-state index contributed by atoms with van der Waals surface area (Å²) in [5.41, 5.74) is 0.0387. The Balaban J connectivity index is 1.80. The Morgan fingerprint density at radius 3 is 2.67 bits per heavy atom. The molecule has 1 aromatic carbocycles. The van der Waals surface area contributed by atoms with E-state index in [9.17, 15) is 18.0 Å². The van der Waals surface area contributed by atoms with Crippen molar-refractivity contribution in [1.29, 1.82) is 0 Å². The molecule has 1 aliphatic heterocycles. The maximum absolute atomic E-state index is 13.1. The number of hydrogen-bond donors (Lipinski definition) is 2. The minimum atomic E-state index is -4.43. The zero-order valence-electron chi connectivity index (χ0n) is 11.5. The summed E-state index contributed by atoms with van der Waals surface area (Å²) >= 11 is 0. The zero-order valence-corrected chi connectivity index (χ0v) is 11.5. The smallest absolute Gasteiger partial charge is 0.348 e. The number of halogens is 3. The highest BCUT2D eigenvalue weighted by atomic mass is 19.4. The fraction of sp³-hybridized carbons (Fsp3) is 0.533. The van der Waals surface area contributed by atoms with Gasteiger partial charge in [-0.25, -0.2) is 0 Å². The molecule has 0 unspecified atom stereocenters. The monoisotopic (exact) mass is 298 g/mol. The average molecular weight is 298 g/mol. The summed E-state index contributed by atoms with van der Waals surface area (Å²) in [5.74, 6) is 0.223. The van der Waals surface area contributed by atoms with Gasteiger partial charge in [0.15, 0.2) is 0 Å². The van der Waals surface area contributed by atoms with Crippen LogP contribution < -0.4 is 10.6 Å². The first kappa shape index (κ1) is 14.4. The van der Waals surface area contributed by atoms with Crippen LogP contribution >= 0.6 is 0 Å². The second-order valence-corrected chi connectivity index (χ2v) is 5.78. The largest absolute Gasteiger partial charge is 0.416 e. The van der Waals surface area contributed by atoms with E-state index in [4.69, 9.17) is 0 Å². The van der Waals surface area contributed by atoms with Crippen molar-refractivity contribution >= 4 is 5.91 Å². The lowest BCUT2D eigenvalue weighted by Crippen LogP contribution is -2.27. The van der Waals surface area contributed by atoms with Crippen LogP contribution in [0.15, 0.2) is 12.1 Å². The van der Waals surface area contributed by atoms with Crippen LogP contribution in [0.2, 0.25) is 0 Å². The van der Waals surface area contributed by atoms with Gasteiger partial charge in [-0.15, -0.1) is 0 Å². The van der Waals surface area contributed by atoms with Gasteiger partial charge in [0.05, 0.1) is 5.56 Å². The maximum Gasteiger partial charge on any atom is 0.416 e. The molecule has 0 radical (unpaired) electrons. The Labute approximate surface area is 120 Å². The van der Waals surface area contributed by atoms with E-state index in [0.29, 0.717) is 18.0 Å². The highest BCUT2D eigenvalue weighted by molar-refractivity contribution is 5.99. The molecule has 1 aromatic rings. The first-order valence-corrected chi connectivity index (χ1v) is 7.17. The molecule has 6 heteroatoms. The quantitative estimate of drug-likeness (QED) is 0.897. The second-order valence-electron chi connectivity index (χ2n) is 5.78. The van der Waals surface area contributed by atoms with E-state index in [1.165, 1.54) is 19.3 Å². The molecule has 3 rings (SSSR count). The van der Waals surface area contributed by atoms with Crippen molar-refractivity contribution < 1.29 is 18.0 Å². The molecular formula is C15H17F3N2O. The predicted octanol–water partition coefficient (Wildman–Crippen LogP) is 2.84. The van der Waals surface area contributed by atoms with Crippen LogP contribution in [0.3, 0.4) is 0 Å². The van der Waals surface area contributed by atoms with Gasteiger partial charge >= 0.3 is 6.18 Å². The van der Waals surface area contributed by atoms with Gasteiger partial charge in [-0.2, -0.15) is 13.2 Å². The van der Waals surface area contributed by atoms with Crippen molar-refractivity contribution in [3.63, 3.8) is 0 Å². The van der Waals surface area contributed by atoms with E-state index in [2.05, 4.69) is 10.6 Å². The van der Waals surface area contributed by atoms with Gasteiger partial charge in [-0.05, 0) is 48.6 Å². The topological polar surface area (TPSA) is 41.1 Å². The third-order valence-corrected chi connectivity index (χ3v) is 4.27. The minimum Gasteiger partial charge on any atom is -0.348 e. The Bertz CT molecular complexity index is 565. The Kier molecular flexibility index (Phi) is 3.65. The number of carbonyl (C=O) groups excluding carboxylic acids is 1. The standard InChI is InChI=1S/C15H17F3N2O/c16-15(17,18)13-5-10(7-19-6-9-2-1-3-9)4-11-12(13)8-20-14(11)21/h4-5,9,19H,1-3,6-8H2,(H,20,21). The van der Waals surface area contributed by atoms with Crippen molar-refractivity contribution in [3.8, 4) is 0 Å². The zero-order chi connectivity index (χ0) is 15.0. The number of benzene rings is 1. The number of hydrogen-bond acceptors (Lipinski definition) is 2. The van der Waals surface area contributed by atoms with E-state index in [1.54, 1.807) is 6.07 Å². The van der Waals surface area contributed by atoms with E-state index in [0.717, 1.165) is 12.6 Å². The molecule has 0 bridgehead atoms. The fourth-order valence-electron chi connectivity index (χ4n) is 2.86. The second kappa shape index (κ2) is 5.33. The summed E-state index contributed by atoms with van der Waals surface area (Å²) < 4.78 is 39.3. The third kappa shape index (κ3) is 2.90. The van der Waals surface area contributed by atoms with Crippen LogP contribution in [-0.2, 0) is 19.3 Å². The van der Waals surface area contributed by atoms with Crippen LogP contribution in [-0.4, -0.2) is 12.5 Å². The molecule has 1 saturated carbocycles. The van der Waals surface area contributed by atoms with Crippen LogP contribution in [0, 0.1) is 5.92 Å². The van der Waals surface area contributed by atoms with Gasteiger partial charge in [0.1, 0.15) is 0 Å². The Morgan fingerprint density at radius 2 is 2.05 bits per heavy atom. The Hall–Kier alpha value is -1.56. The van der Waals surface area contributed by atoms with Crippen LogP contribution in [0.5, 0.6) is 0 Å². The first-order valence-electron chi connectivity index (χ1n) is 7.17. The van der Waals surface area contributed by atoms with Crippen molar-refractivity contribution in [2.24, 2.45) is 5.92 Å². The van der Waals surface area contributed by atoms with E-state index < -0.39 is 17.6 Å². The molecule has 1 heterocycles. The predicted molar refractivity (Wildman–Crippen MR) is 71.7 cm³/mol. The first-order chi connectivity index (χ1) is 9.95. The van der Waals surface area contributed by atoms with E-state index >= 15 is 0 Å². The highest BCUT2D eigenvalue weighted by Gasteiger charge is 2.37. The molecule has 0 saturated heterocycles. The van der Waals surface area contributed by atoms with Crippen LogP contribution in [0.1, 0.15) is 46.3 Å². The number of rotatable bonds is 4. The summed E-state index contributed by atoms with van der Waals surface area (Å²) in [6, 6.07) is 2.73. The molecule has 3 nitrogen and oxygen atoms in total. The average Bonchev–Trinajstić information content (AvgIpc) is 2.72. The van der Waals surface area contributed by atoms with Crippen molar-refractivity contribution in [2.75, 3.05) is 6.54 Å². The number of carbonyl (C=O) groups is 1. The molecule has 1 aliphatic carbocycles. The lowest BCUT2D eigenvalue weighted by molar-refractivity contribution is -0.138. The molecule has 1 amide bonds. The van der Waals surface area contributed by atoms with E-state index in [1.807, 2.05) is 0 Å². The summed E-state index contributed by atoms with van der Waals surface area (Å²) in [6.45, 7) is 1.14. The highest BCUT2D eigenvalue weighted by Crippen LogP contribution is 2.36. The number of amides is 1. The van der Waals surface area contributed by atoms with Gasteiger partial charge in [0.2, 0.25) is 0 Å². The lowest BCUT2D eigenvalue weighted by Gasteiger charge is -2.25. The van der Waals surface area contributed by atoms with Gasteiger partial charge < -0.3 is 10.6 Å². The number of alkyl halides is 3. The van der Waals surface area contributed by atoms with Gasteiger partial charge in [-0.1, -0.05) is 6.42 Å². The minimum absolute atomic E-state index is 0.0429. The molecule has 2 aliphatic rings. The molecular weight excluding hydrogens is 281 g/mol. The Morgan fingerprint density at radius 1 is 1.29 bits per heavy atom. The van der Waals surface area contributed by atoms with Crippen LogP contribution in [0.4, 0.5) is 13.2 Å². The third-order valence-electron chi connectivity index (χ3n) is 4.27. The normalized spacial score (nSPS) is 18.3. The summed E-state index contributed by atoms with van der Waals surface area (Å²) in [7, 11) is 0. The number of fused-ring (bicyclic) bond motifs is 1. The molecule has 114 valence electrons. The van der Waals surface area contributed by atoms with E-state index in [-0.39, 0.29) is 17.7 Å². The van der Waals surface area contributed by atoms with Gasteiger partial charge in [-0.3, -0.25) is 4.79 Å². The van der Waals surface area contributed by atoms with Crippen molar-refractivity contribution in [1.82, 2.24) is 10.6 Å². The SMILES string of the molecule is O=C1NCc2c1cc(CNCC1CCC1)cc2C(F)(F)F. The molecule has 0 atom stereocenters. The maximum atomic E-state index is 13.1. The molecule has 0 aromatic heterocycles. The van der Waals surface area contributed by atoms with Crippen molar-refractivity contribution in [2.45, 2.75) is 38.5 Å². The number of nitrogens with one attached hydrogen (secondary N) is 2.